The third kappa shape index (κ3) is 7.74. The van der Waals surface area contributed by atoms with Gasteiger partial charge in [0, 0.05) is 73.9 Å². The molecule has 5 aromatic rings. The van der Waals surface area contributed by atoms with Gasteiger partial charge in [-0.2, -0.15) is 0 Å². The zero-order valence-corrected chi connectivity index (χ0v) is 30.4. The van der Waals surface area contributed by atoms with Crippen LogP contribution in [0.2, 0.25) is 0 Å². The molecule has 1 saturated heterocycles. The number of hydrogen-bond donors (Lipinski definition) is 3. The van der Waals surface area contributed by atoms with E-state index in [9.17, 15) is 24.0 Å². The molecule has 13 nitrogen and oxygen atoms in total. The number of aryl methyl sites for hydroxylation is 1. The van der Waals surface area contributed by atoms with Gasteiger partial charge in [0.05, 0.1) is 29.2 Å². The van der Waals surface area contributed by atoms with Gasteiger partial charge in [0.1, 0.15) is 23.4 Å². The van der Waals surface area contributed by atoms with Crippen molar-refractivity contribution < 1.29 is 28.4 Å². The minimum atomic E-state index is -0.917. The van der Waals surface area contributed by atoms with E-state index in [2.05, 4.69) is 32.4 Å². The molecule has 0 spiro atoms. The monoisotopic (exact) mass is 742 g/mol. The summed E-state index contributed by atoms with van der Waals surface area (Å²) in [6, 6.07) is 14.9. The lowest BCUT2D eigenvalue weighted by Gasteiger charge is -2.28. The Bertz CT molecular complexity index is 2370. The molecule has 1 atom stereocenters. The second kappa shape index (κ2) is 15.8. The summed E-state index contributed by atoms with van der Waals surface area (Å²) in [6.45, 7) is 5.83. The minimum Gasteiger partial charge on any atom is -0.350 e. The predicted molar refractivity (Wildman–Crippen MR) is 203 cm³/mol. The molecule has 3 N–H and O–H groups in total. The Morgan fingerprint density at radius 3 is 2.62 bits per heavy atom. The average Bonchev–Trinajstić information content (AvgIpc) is 3.56. The maximum Gasteiger partial charge on any atom is 0.269 e. The average molecular weight is 743 g/mol. The van der Waals surface area contributed by atoms with Crippen LogP contribution in [0, 0.1) is 5.82 Å². The van der Waals surface area contributed by atoms with Crippen molar-refractivity contribution in [3.05, 3.63) is 107 Å². The van der Waals surface area contributed by atoms with Crippen molar-refractivity contribution in [3.8, 4) is 22.5 Å². The molecule has 5 amide bonds. The van der Waals surface area contributed by atoms with E-state index in [1.165, 1.54) is 24.3 Å². The summed E-state index contributed by atoms with van der Waals surface area (Å²) in [6.07, 6.45) is 8.04. The van der Waals surface area contributed by atoms with E-state index in [-0.39, 0.29) is 48.0 Å². The molecule has 0 radical (unpaired) electrons. The summed E-state index contributed by atoms with van der Waals surface area (Å²) in [5.74, 6) is -1.86. The molecule has 1 fully saturated rings. The van der Waals surface area contributed by atoms with Crippen molar-refractivity contribution in [2.45, 2.75) is 58.7 Å². The van der Waals surface area contributed by atoms with Crippen LogP contribution in [0.5, 0.6) is 0 Å². The van der Waals surface area contributed by atoms with Gasteiger partial charge in [0.25, 0.3) is 11.8 Å². The highest BCUT2D eigenvalue weighted by atomic mass is 19.1. The van der Waals surface area contributed by atoms with Crippen molar-refractivity contribution >= 4 is 46.4 Å². The fourth-order valence-corrected chi connectivity index (χ4v) is 6.90. The Labute approximate surface area is 316 Å². The molecule has 2 aromatic carbocycles. The highest BCUT2D eigenvalue weighted by molar-refractivity contribution is 6.04. The van der Waals surface area contributed by atoms with Crippen LogP contribution in [0.1, 0.15) is 71.0 Å². The highest BCUT2D eigenvalue weighted by Gasteiger charge is 2.29. The molecular weight excluding hydrogens is 703 g/mol. The minimum absolute atomic E-state index is 0.0442. The van der Waals surface area contributed by atoms with Crippen LogP contribution in [0.25, 0.3) is 39.4 Å². The molecular formula is C41H39FN8O5. The van der Waals surface area contributed by atoms with Crippen LogP contribution in [0.4, 0.5) is 4.39 Å². The number of carbonyl (C=O) groups is 5. The van der Waals surface area contributed by atoms with Gasteiger partial charge in [-0.15, -0.1) is 0 Å². The number of imidazole rings is 1. The summed E-state index contributed by atoms with van der Waals surface area (Å²) in [5, 5.41) is 9.36. The number of rotatable bonds is 10. The number of nitrogens with zero attached hydrogens (tertiary/aromatic N) is 5. The lowest BCUT2D eigenvalue weighted by molar-refractivity contribution is -0.134. The van der Waals surface area contributed by atoms with Crippen molar-refractivity contribution in [1.29, 1.82) is 0 Å². The molecule has 5 heterocycles. The lowest BCUT2D eigenvalue weighted by atomic mass is 10.0. The first kappa shape index (κ1) is 36.8. The Kier molecular flexibility index (Phi) is 10.6. The zero-order valence-electron chi connectivity index (χ0n) is 30.4. The van der Waals surface area contributed by atoms with Gasteiger partial charge in [0.2, 0.25) is 17.7 Å². The van der Waals surface area contributed by atoms with E-state index in [1.54, 1.807) is 31.3 Å². The number of amides is 5. The highest BCUT2D eigenvalue weighted by Crippen LogP contribution is 2.34. The van der Waals surface area contributed by atoms with Crippen LogP contribution in [0.3, 0.4) is 0 Å². The second-order valence-corrected chi connectivity index (χ2v) is 13.4. The Hall–Kier alpha value is -6.57. The fraction of sp³-hybridized carbons (Fsp3) is 0.268. The van der Waals surface area contributed by atoms with Crippen LogP contribution >= 0.6 is 0 Å². The van der Waals surface area contributed by atoms with E-state index >= 15 is 4.39 Å². The van der Waals surface area contributed by atoms with Gasteiger partial charge >= 0.3 is 0 Å². The number of nitrogens with one attached hydrogen (secondary N) is 3. The standard InChI is InChI=1S/C41H39FN8O5/c1-3-35-47-38(34-23-49(24(2)51)18-19-50(34)35)28-11-7-10-26-20-33(45-22-30(26)28)27-13-14-31(44-21-27)40(54)43-17-5-4-8-25-9-6-12-29(37(25)42)39(53)46-32-15-16-36(52)48-41(32)55/h4,6-14,20-22,32H,3,5,15-19,23H2,1-2H3,(H,43,54)(H,46,53)(H,48,52,55)/b8-4+. The fourth-order valence-electron chi connectivity index (χ4n) is 6.90. The first-order valence-corrected chi connectivity index (χ1v) is 18.2. The first-order chi connectivity index (χ1) is 26.6. The SMILES string of the molecule is CCc1nc(-c2cccc3cc(-c4ccc(C(=O)NCC/C=C/c5cccc(C(=O)NC6CCC(=O)NC6=O)c5F)nc4)ncc23)c2n1CCN(C(C)=O)C2. The van der Waals surface area contributed by atoms with E-state index in [4.69, 9.17) is 9.97 Å². The van der Waals surface area contributed by atoms with Gasteiger partial charge < -0.3 is 20.1 Å². The third-order valence-electron chi connectivity index (χ3n) is 9.87. The zero-order chi connectivity index (χ0) is 38.6. The Balaban J connectivity index is 0.967. The number of halogens is 1. The molecule has 0 bridgehead atoms. The summed E-state index contributed by atoms with van der Waals surface area (Å²) in [7, 11) is 0. The number of aromatic nitrogens is 4. The third-order valence-corrected chi connectivity index (χ3v) is 9.87. The topological polar surface area (TPSA) is 168 Å². The number of pyridine rings is 2. The summed E-state index contributed by atoms with van der Waals surface area (Å²) in [4.78, 5) is 77.0. The molecule has 2 aliphatic rings. The maximum absolute atomic E-state index is 15.2. The second-order valence-electron chi connectivity index (χ2n) is 13.4. The van der Waals surface area contributed by atoms with Crippen LogP contribution in [0.15, 0.2) is 73.1 Å². The number of carbonyl (C=O) groups excluding carboxylic acids is 5. The molecule has 280 valence electrons. The van der Waals surface area contributed by atoms with Gasteiger partial charge in [-0.3, -0.25) is 39.3 Å². The summed E-state index contributed by atoms with van der Waals surface area (Å²) >= 11 is 0. The largest absolute Gasteiger partial charge is 0.350 e. The van der Waals surface area contributed by atoms with Crippen molar-refractivity contribution in [3.63, 3.8) is 0 Å². The molecule has 0 saturated carbocycles. The Morgan fingerprint density at radius 1 is 1.02 bits per heavy atom. The van der Waals surface area contributed by atoms with Crippen molar-refractivity contribution in [2.75, 3.05) is 13.1 Å². The maximum atomic E-state index is 15.2. The van der Waals surface area contributed by atoms with Crippen LogP contribution < -0.4 is 16.0 Å². The molecule has 1 unspecified atom stereocenters. The molecule has 14 heteroatoms. The quantitative estimate of drug-likeness (QED) is 0.138. The summed E-state index contributed by atoms with van der Waals surface area (Å²) < 4.78 is 17.4. The molecule has 7 rings (SSSR count). The number of hydrogen-bond acceptors (Lipinski definition) is 8. The smallest absolute Gasteiger partial charge is 0.269 e. The molecule has 2 aliphatic heterocycles. The molecule has 3 aromatic heterocycles. The Morgan fingerprint density at radius 2 is 1.85 bits per heavy atom. The molecule has 0 aliphatic carbocycles. The van der Waals surface area contributed by atoms with Crippen molar-refractivity contribution in [1.82, 2.24) is 40.4 Å². The van der Waals surface area contributed by atoms with E-state index in [0.29, 0.717) is 31.7 Å². The number of piperidine rings is 1. The number of benzene rings is 2. The number of fused-ring (bicyclic) bond motifs is 2. The van der Waals surface area contributed by atoms with Crippen molar-refractivity contribution in [2.24, 2.45) is 0 Å². The van der Waals surface area contributed by atoms with Gasteiger partial charge in [-0.05, 0) is 42.5 Å². The normalized spacial score (nSPS) is 15.5. The van der Waals surface area contributed by atoms with E-state index < -0.39 is 29.6 Å². The van der Waals surface area contributed by atoms with Gasteiger partial charge in [-0.1, -0.05) is 49.4 Å². The van der Waals surface area contributed by atoms with Crippen LogP contribution in [-0.4, -0.2) is 73.1 Å². The number of imide groups is 1. The van der Waals surface area contributed by atoms with Gasteiger partial charge in [-0.25, -0.2) is 9.37 Å². The predicted octanol–water partition coefficient (Wildman–Crippen LogP) is 4.59. The van der Waals surface area contributed by atoms with E-state index in [0.717, 1.165) is 45.5 Å². The summed E-state index contributed by atoms with van der Waals surface area (Å²) in [5.41, 5.74) is 4.47. The lowest BCUT2D eigenvalue weighted by Crippen LogP contribution is -2.52. The van der Waals surface area contributed by atoms with Gasteiger partial charge in [0.15, 0.2) is 0 Å². The first-order valence-electron chi connectivity index (χ1n) is 18.2. The molecule has 55 heavy (non-hydrogen) atoms. The van der Waals surface area contributed by atoms with Crippen LogP contribution in [-0.2, 0) is 33.9 Å². The van der Waals surface area contributed by atoms with E-state index in [1.807, 2.05) is 35.4 Å².